The van der Waals surface area contributed by atoms with Crippen LogP contribution in [0.3, 0.4) is 0 Å². The molecule has 0 radical (unpaired) electrons. The molecule has 0 aliphatic heterocycles. The molecule has 1 aromatic rings. The normalized spacial score (nSPS) is 10.8. The van der Waals surface area contributed by atoms with Crippen LogP contribution in [0.15, 0.2) is 6.07 Å². The van der Waals surface area contributed by atoms with E-state index < -0.39 is 5.97 Å². The zero-order chi connectivity index (χ0) is 14.6. The van der Waals surface area contributed by atoms with Gasteiger partial charge in [-0.15, -0.1) is 0 Å². The van der Waals surface area contributed by atoms with E-state index in [2.05, 4.69) is 4.98 Å². The van der Waals surface area contributed by atoms with E-state index in [9.17, 15) is 9.90 Å². The van der Waals surface area contributed by atoms with Gasteiger partial charge in [-0.05, 0) is 33.8 Å². The van der Waals surface area contributed by atoms with Crippen molar-refractivity contribution >= 4 is 11.7 Å². The summed E-state index contributed by atoms with van der Waals surface area (Å²) in [5.41, 5.74) is 2.35. The number of carboxylic acid groups (broad SMARTS) is 1. The van der Waals surface area contributed by atoms with Crippen LogP contribution in [0.4, 0.5) is 5.69 Å². The molecular weight excluding hydrogens is 244 g/mol. The average Bonchev–Trinajstić information content (AvgIpc) is 2.27. The van der Waals surface area contributed by atoms with E-state index in [1.165, 1.54) is 0 Å². The molecule has 0 spiro atoms. The molecule has 0 saturated carbocycles. The number of aryl methyl sites for hydroxylation is 2. The number of aromatic nitrogens is 1. The highest BCUT2D eigenvalue weighted by Crippen LogP contribution is 2.25. The van der Waals surface area contributed by atoms with Crippen molar-refractivity contribution in [2.75, 3.05) is 25.2 Å². The summed E-state index contributed by atoms with van der Waals surface area (Å²) >= 11 is 0. The first-order valence-electron chi connectivity index (χ1n) is 6.35. The number of hydrogen-bond acceptors (Lipinski definition) is 4. The van der Waals surface area contributed by atoms with Gasteiger partial charge in [-0.25, -0.2) is 4.79 Å². The molecule has 1 N–H and O–H groups in total. The fourth-order valence-electron chi connectivity index (χ4n) is 2.15. The van der Waals surface area contributed by atoms with E-state index >= 15 is 0 Å². The Morgan fingerprint density at radius 3 is 2.58 bits per heavy atom. The second kappa shape index (κ2) is 6.52. The molecule has 1 rings (SSSR count). The minimum atomic E-state index is -0.942. The molecule has 106 valence electrons. The van der Waals surface area contributed by atoms with Gasteiger partial charge in [0.25, 0.3) is 0 Å². The van der Waals surface area contributed by atoms with Crippen molar-refractivity contribution in [2.45, 2.75) is 33.7 Å². The lowest BCUT2D eigenvalue weighted by atomic mass is 10.1. The third-order valence-corrected chi connectivity index (χ3v) is 2.99. The van der Waals surface area contributed by atoms with Gasteiger partial charge in [0, 0.05) is 25.4 Å². The predicted molar refractivity (Wildman–Crippen MR) is 75.0 cm³/mol. The highest BCUT2D eigenvalue weighted by molar-refractivity contribution is 5.95. The van der Waals surface area contributed by atoms with Gasteiger partial charge in [0.2, 0.25) is 0 Å². The second-order valence-corrected chi connectivity index (χ2v) is 4.83. The van der Waals surface area contributed by atoms with Crippen molar-refractivity contribution in [3.63, 3.8) is 0 Å². The molecule has 0 fully saturated rings. The molecule has 0 aliphatic rings. The van der Waals surface area contributed by atoms with Crippen LogP contribution in [0.5, 0.6) is 0 Å². The Hall–Kier alpha value is -1.62. The molecule has 19 heavy (non-hydrogen) atoms. The first-order chi connectivity index (χ1) is 8.88. The van der Waals surface area contributed by atoms with Gasteiger partial charge < -0.3 is 14.7 Å². The second-order valence-electron chi connectivity index (χ2n) is 4.83. The average molecular weight is 266 g/mol. The Kier molecular flexibility index (Phi) is 5.30. The van der Waals surface area contributed by atoms with Crippen molar-refractivity contribution in [2.24, 2.45) is 0 Å². The predicted octanol–water partition coefficient (Wildman–Crippen LogP) is 2.26. The number of pyridine rings is 1. The summed E-state index contributed by atoms with van der Waals surface area (Å²) < 4.78 is 5.10. The van der Waals surface area contributed by atoms with E-state index in [0.29, 0.717) is 24.5 Å². The summed E-state index contributed by atoms with van der Waals surface area (Å²) in [6, 6.07) is 2.01. The highest BCUT2D eigenvalue weighted by Gasteiger charge is 2.21. The third-order valence-electron chi connectivity index (χ3n) is 2.99. The molecule has 0 saturated heterocycles. The van der Waals surface area contributed by atoms with Gasteiger partial charge in [-0.1, -0.05) is 0 Å². The van der Waals surface area contributed by atoms with Gasteiger partial charge in [-0.3, -0.25) is 4.98 Å². The smallest absolute Gasteiger partial charge is 0.339 e. The fourth-order valence-corrected chi connectivity index (χ4v) is 2.15. The number of hydrogen-bond donors (Lipinski definition) is 1. The molecule has 0 unspecified atom stereocenters. The van der Waals surface area contributed by atoms with Gasteiger partial charge in [-0.2, -0.15) is 0 Å². The molecule has 5 nitrogen and oxygen atoms in total. The van der Waals surface area contributed by atoms with Crippen LogP contribution in [-0.2, 0) is 4.74 Å². The maximum atomic E-state index is 11.5. The van der Waals surface area contributed by atoms with Crippen LogP contribution in [-0.4, -0.2) is 42.4 Å². The van der Waals surface area contributed by atoms with Crippen LogP contribution < -0.4 is 4.90 Å². The number of rotatable bonds is 6. The SMILES string of the molecule is COCCN(c1cc(C)nc(C)c1C(=O)O)C(C)C. The minimum Gasteiger partial charge on any atom is -0.478 e. The molecule has 1 aromatic heterocycles. The number of nitrogens with zero attached hydrogens (tertiary/aromatic N) is 2. The van der Waals surface area contributed by atoms with Crippen LogP contribution >= 0.6 is 0 Å². The standard InChI is InChI=1S/C14H22N2O3/c1-9(2)16(6-7-19-5)12-8-10(3)15-11(4)13(12)14(17)18/h8-9H,6-7H2,1-5H3,(H,17,18). The Balaban J connectivity index is 3.31. The quantitative estimate of drug-likeness (QED) is 0.855. The van der Waals surface area contributed by atoms with E-state index in [4.69, 9.17) is 4.74 Å². The lowest BCUT2D eigenvalue weighted by molar-refractivity contribution is 0.0696. The van der Waals surface area contributed by atoms with Gasteiger partial charge in [0.15, 0.2) is 0 Å². The van der Waals surface area contributed by atoms with Crippen molar-refractivity contribution in [1.82, 2.24) is 4.98 Å². The number of anilines is 1. The summed E-state index contributed by atoms with van der Waals surface area (Å²) in [6.07, 6.45) is 0. The molecule has 0 atom stereocenters. The number of ether oxygens (including phenoxy) is 1. The summed E-state index contributed by atoms with van der Waals surface area (Å²) in [5, 5.41) is 9.40. The van der Waals surface area contributed by atoms with Crippen LogP contribution in [0, 0.1) is 13.8 Å². The maximum absolute atomic E-state index is 11.5. The molecular formula is C14H22N2O3. The summed E-state index contributed by atoms with van der Waals surface area (Å²) in [7, 11) is 1.64. The van der Waals surface area contributed by atoms with E-state index in [-0.39, 0.29) is 11.6 Å². The summed E-state index contributed by atoms with van der Waals surface area (Å²) in [4.78, 5) is 17.7. The Labute approximate surface area is 114 Å². The van der Waals surface area contributed by atoms with Gasteiger partial charge >= 0.3 is 5.97 Å². The van der Waals surface area contributed by atoms with Crippen molar-refractivity contribution < 1.29 is 14.6 Å². The van der Waals surface area contributed by atoms with E-state index in [0.717, 1.165) is 5.69 Å². The summed E-state index contributed by atoms with van der Waals surface area (Å²) in [5.74, 6) is -0.942. The fraction of sp³-hybridized carbons (Fsp3) is 0.571. The van der Waals surface area contributed by atoms with Crippen LogP contribution in [0.2, 0.25) is 0 Å². The summed E-state index contributed by atoms with van der Waals surface area (Å²) in [6.45, 7) is 8.87. The maximum Gasteiger partial charge on any atom is 0.339 e. The lowest BCUT2D eigenvalue weighted by Gasteiger charge is -2.30. The van der Waals surface area contributed by atoms with Gasteiger partial charge in [0.05, 0.1) is 18.0 Å². The van der Waals surface area contributed by atoms with Gasteiger partial charge in [0.1, 0.15) is 5.56 Å². The number of aromatic carboxylic acids is 1. The Bertz CT molecular complexity index is 458. The van der Waals surface area contributed by atoms with E-state index in [1.54, 1.807) is 14.0 Å². The van der Waals surface area contributed by atoms with Crippen LogP contribution in [0.25, 0.3) is 0 Å². The zero-order valence-electron chi connectivity index (χ0n) is 12.2. The first kappa shape index (κ1) is 15.4. The molecule has 5 heteroatoms. The third kappa shape index (κ3) is 3.67. The molecule has 0 aliphatic carbocycles. The largest absolute Gasteiger partial charge is 0.478 e. The topological polar surface area (TPSA) is 62.7 Å². The van der Waals surface area contributed by atoms with Crippen molar-refractivity contribution in [1.29, 1.82) is 0 Å². The molecule has 1 heterocycles. The zero-order valence-corrected chi connectivity index (χ0v) is 12.2. The molecule has 0 amide bonds. The minimum absolute atomic E-state index is 0.189. The molecule has 0 bridgehead atoms. The Morgan fingerprint density at radius 1 is 1.47 bits per heavy atom. The number of methoxy groups -OCH3 is 1. The Morgan fingerprint density at radius 2 is 2.11 bits per heavy atom. The van der Waals surface area contributed by atoms with Crippen LogP contribution in [0.1, 0.15) is 35.6 Å². The monoisotopic (exact) mass is 266 g/mol. The lowest BCUT2D eigenvalue weighted by Crippen LogP contribution is -2.35. The van der Waals surface area contributed by atoms with Crippen molar-refractivity contribution in [3.8, 4) is 0 Å². The first-order valence-corrected chi connectivity index (χ1v) is 6.35. The molecule has 0 aromatic carbocycles. The highest BCUT2D eigenvalue weighted by atomic mass is 16.5. The number of carbonyl (C=O) groups is 1. The van der Waals surface area contributed by atoms with E-state index in [1.807, 2.05) is 31.7 Å². The number of carboxylic acids is 1. The van der Waals surface area contributed by atoms with Crippen molar-refractivity contribution in [3.05, 3.63) is 23.0 Å².